The molecule has 1 saturated carbocycles. The van der Waals surface area contributed by atoms with Crippen LogP contribution in [0.2, 0.25) is 0 Å². The number of thiazole rings is 1. The maximum atomic E-state index is 12.2. The number of hydrogen-bond acceptors (Lipinski definition) is 5. The van der Waals surface area contributed by atoms with Crippen LogP contribution in [0.5, 0.6) is 0 Å². The fourth-order valence-corrected chi connectivity index (χ4v) is 4.22. The van der Waals surface area contributed by atoms with Gasteiger partial charge in [-0.15, -0.1) is 11.3 Å². The third kappa shape index (κ3) is 3.24. The summed E-state index contributed by atoms with van der Waals surface area (Å²) in [5.41, 5.74) is 1.73. The molecule has 0 amide bonds. The zero-order valence-corrected chi connectivity index (χ0v) is 14.0. The van der Waals surface area contributed by atoms with Crippen LogP contribution in [0.25, 0.3) is 4.96 Å². The molecule has 1 fully saturated rings. The Morgan fingerprint density at radius 3 is 3.00 bits per heavy atom. The zero-order chi connectivity index (χ0) is 15.7. The largest absolute Gasteiger partial charge is 0.393 e. The molecular weight excluding hydrogens is 298 g/mol. The number of aryl methyl sites for hydroxylation is 1. The van der Waals surface area contributed by atoms with E-state index in [-0.39, 0.29) is 11.7 Å². The third-order valence-electron chi connectivity index (χ3n) is 4.48. The van der Waals surface area contributed by atoms with Gasteiger partial charge >= 0.3 is 0 Å². The van der Waals surface area contributed by atoms with Gasteiger partial charge in [0.1, 0.15) is 0 Å². The first kappa shape index (κ1) is 15.6. The van der Waals surface area contributed by atoms with Gasteiger partial charge in [0.25, 0.3) is 5.56 Å². The van der Waals surface area contributed by atoms with Crippen LogP contribution in [0.15, 0.2) is 16.2 Å². The molecule has 0 spiro atoms. The second kappa shape index (κ2) is 6.48. The SMILES string of the molecule is Cc1csc2nc(CN(C)CC3CCCCC3O)cc(=O)n12. The molecule has 22 heavy (non-hydrogen) atoms. The Labute approximate surface area is 134 Å². The first-order valence-electron chi connectivity index (χ1n) is 7.88. The highest BCUT2D eigenvalue weighted by Gasteiger charge is 2.24. The molecule has 1 N–H and O–H groups in total. The van der Waals surface area contributed by atoms with Gasteiger partial charge in [0.15, 0.2) is 4.96 Å². The second-order valence-electron chi connectivity index (χ2n) is 6.39. The van der Waals surface area contributed by atoms with Gasteiger partial charge in [-0.3, -0.25) is 9.20 Å². The molecule has 2 aromatic rings. The van der Waals surface area contributed by atoms with Crippen LogP contribution in [0.3, 0.4) is 0 Å². The van der Waals surface area contributed by atoms with Crippen LogP contribution < -0.4 is 5.56 Å². The van der Waals surface area contributed by atoms with Crippen molar-refractivity contribution < 1.29 is 5.11 Å². The van der Waals surface area contributed by atoms with Crippen LogP contribution in [-0.4, -0.2) is 39.1 Å². The molecular formula is C16H23N3O2S. The topological polar surface area (TPSA) is 57.8 Å². The highest BCUT2D eigenvalue weighted by Crippen LogP contribution is 2.25. The zero-order valence-electron chi connectivity index (χ0n) is 13.2. The van der Waals surface area contributed by atoms with Crippen LogP contribution in [-0.2, 0) is 6.54 Å². The molecule has 0 bridgehead atoms. The number of hydrogen-bond donors (Lipinski definition) is 1. The molecule has 0 aliphatic heterocycles. The van der Waals surface area contributed by atoms with E-state index in [9.17, 15) is 9.90 Å². The van der Waals surface area contributed by atoms with Crippen molar-refractivity contribution >= 4 is 16.3 Å². The van der Waals surface area contributed by atoms with Crippen molar-refractivity contribution in [3.05, 3.63) is 33.2 Å². The summed E-state index contributed by atoms with van der Waals surface area (Å²) in [6.45, 7) is 3.42. The summed E-state index contributed by atoms with van der Waals surface area (Å²) in [5, 5.41) is 12.0. The lowest BCUT2D eigenvalue weighted by molar-refractivity contribution is 0.0500. The fraction of sp³-hybridized carbons (Fsp3) is 0.625. The minimum absolute atomic E-state index is 0.00940. The van der Waals surface area contributed by atoms with Crippen molar-refractivity contribution in [2.45, 2.75) is 45.3 Å². The molecule has 0 radical (unpaired) electrons. The highest BCUT2D eigenvalue weighted by atomic mass is 32.1. The summed E-state index contributed by atoms with van der Waals surface area (Å²) in [7, 11) is 2.03. The summed E-state index contributed by atoms with van der Waals surface area (Å²) in [6.07, 6.45) is 4.16. The van der Waals surface area contributed by atoms with Gasteiger partial charge in [0, 0.05) is 30.2 Å². The van der Waals surface area contributed by atoms with Crippen molar-refractivity contribution in [3.8, 4) is 0 Å². The molecule has 3 rings (SSSR count). The van der Waals surface area contributed by atoms with Crippen LogP contribution >= 0.6 is 11.3 Å². The second-order valence-corrected chi connectivity index (χ2v) is 7.23. The first-order valence-corrected chi connectivity index (χ1v) is 8.76. The Bertz CT molecular complexity index is 709. The molecule has 2 atom stereocenters. The summed E-state index contributed by atoms with van der Waals surface area (Å²) in [4.78, 5) is 19.7. The van der Waals surface area contributed by atoms with Gasteiger partial charge in [-0.25, -0.2) is 4.98 Å². The molecule has 2 unspecified atom stereocenters. The Morgan fingerprint density at radius 1 is 1.45 bits per heavy atom. The molecule has 6 heteroatoms. The third-order valence-corrected chi connectivity index (χ3v) is 5.42. The van der Waals surface area contributed by atoms with E-state index >= 15 is 0 Å². The quantitative estimate of drug-likeness (QED) is 0.936. The number of aromatic nitrogens is 2. The normalized spacial score (nSPS) is 22.5. The monoisotopic (exact) mass is 321 g/mol. The van der Waals surface area contributed by atoms with E-state index in [1.54, 1.807) is 10.5 Å². The van der Waals surface area contributed by atoms with E-state index in [4.69, 9.17) is 0 Å². The number of aliphatic hydroxyl groups is 1. The van der Waals surface area contributed by atoms with Gasteiger partial charge in [0.2, 0.25) is 0 Å². The number of nitrogens with zero attached hydrogens (tertiary/aromatic N) is 3. The lowest BCUT2D eigenvalue weighted by Crippen LogP contribution is -2.35. The minimum Gasteiger partial charge on any atom is -0.393 e. The fourth-order valence-electron chi connectivity index (χ4n) is 3.32. The van der Waals surface area contributed by atoms with E-state index < -0.39 is 0 Å². The first-order chi connectivity index (χ1) is 10.5. The van der Waals surface area contributed by atoms with Gasteiger partial charge in [0.05, 0.1) is 11.8 Å². The van der Waals surface area contributed by atoms with Crippen LogP contribution in [0.1, 0.15) is 37.1 Å². The van der Waals surface area contributed by atoms with Crippen molar-refractivity contribution in [2.75, 3.05) is 13.6 Å². The standard InChI is InChI=1S/C16H23N3O2S/c1-11-10-22-16-17-13(7-15(21)19(11)16)9-18(2)8-12-5-3-4-6-14(12)20/h7,10,12,14,20H,3-6,8-9H2,1-2H3. The number of aliphatic hydroxyl groups excluding tert-OH is 1. The molecule has 0 saturated heterocycles. The van der Waals surface area contributed by atoms with Gasteiger partial charge in [-0.2, -0.15) is 0 Å². The van der Waals surface area contributed by atoms with Crippen LogP contribution in [0, 0.1) is 12.8 Å². The van der Waals surface area contributed by atoms with E-state index in [0.29, 0.717) is 12.5 Å². The summed E-state index contributed by atoms with van der Waals surface area (Å²) >= 11 is 1.50. The smallest absolute Gasteiger partial charge is 0.259 e. The summed E-state index contributed by atoms with van der Waals surface area (Å²) in [6, 6.07) is 1.63. The van der Waals surface area contributed by atoms with Gasteiger partial charge in [-0.1, -0.05) is 12.8 Å². The Hall–Kier alpha value is -1.24. The highest BCUT2D eigenvalue weighted by molar-refractivity contribution is 7.15. The molecule has 0 aromatic carbocycles. The summed E-state index contributed by atoms with van der Waals surface area (Å²) in [5.74, 6) is 0.340. The van der Waals surface area contributed by atoms with Crippen molar-refractivity contribution in [2.24, 2.45) is 5.92 Å². The predicted molar refractivity (Wildman–Crippen MR) is 88.4 cm³/mol. The molecule has 2 heterocycles. The molecule has 5 nitrogen and oxygen atoms in total. The molecule has 1 aliphatic carbocycles. The Balaban J connectivity index is 1.71. The number of rotatable bonds is 4. The lowest BCUT2D eigenvalue weighted by Gasteiger charge is -2.31. The average molecular weight is 321 g/mol. The van der Waals surface area contributed by atoms with Gasteiger partial charge < -0.3 is 10.0 Å². The molecule has 2 aromatic heterocycles. The van der Waals surface area contributed by atoms with Crippen LogP contribution in [0.4, 0.5) is 0 Å². The summed E-state index contributed by atoms with van der Waals surface area (Å²) < 4.78 is 1.65. The minimum atomic E-state index is -0.183. The molecule has 1 aliphatic rings. The number of fused-ring (bicyclic) bond motifs is 1. The van der Waals surface area contributed by atoms with Crippen molar-refractivity contribution in [1.29, 1.82) is 0 Å². The maximum Gasteiger partial charge on any atom is 0.259 e. The van der Waals surface area contributed by atoms with Crippen molar-refractivity contribution in [1.82, 2.24) is 14.3 Å². The molecule has 120 valence electrons. The van der Waals surface area contributed by atoms with Crippen molar-refractivity contribution in [3.63, 3.8) is 0 Å². The van der Waals surface area contributed by atoms with Gasteiger partial charge in [-0.05, 0) is 32.7 Å². The Morgan fingerprint density at radius 2 is 2.23 bits per heavy atom. The lowest BCUT2D eigenvalue weighted by atomic mass is 9.86. The maximum absolute atomic E-state index is 12.2. The average Bonchev–Trinajstić information content (AvgIpc) is 2.83. The van der Waals surface area contributed by atoms with E-state index in [2.05, 4.69) is 9.88 Å². The van der Waals surface area contributed by atoms with E-state index in [0.717, 1.165) is 42.2 Å². The van der Waals surface area contributed by atoms with E-state index in [1.165, 1.54) is 17.8 Å². The predicted octanol–water partition coefficient (Wildman–Crippen LogP) is 2.05. The van der Waals surface area contributed by atoms with E-state index in [1.807, 2.05) is 19.4 Å². The Kier molecular flexibility index (Phi) is 4.61.